The van der Waals surface area contributed by atoms with Gasteiger partial charge in [0, 0.05) is 30.2 Å². The molecule has 0 bridgehead atoms. The number of carbonyl (C=O) groups is 1. The fraction of sp³-hybridized carbons (Fsp3) is 0.500. The summed E-state index contributed by atoms with van der Waals surface area (Å²) in [6.45, 7) is 4.61. The van der Waals surface area contributed by atoms with Crippen LogP contribution in [0.2, 0.25) is 0 Å². The van der Waals surface area contributed by atoms with E-state index in [9.17, 15) is 18.0 Å². The van der Waals surface area contributed by atoms with E-state index in [1.165, 1.54) is 25.0 Å². The molecule has 2 atom stereocenters. The monoisotopic (exact) mass is 393 g/mol. The van der Waals surface area contributed by atoms with Gasteiger partial charge in [-0.2, -0.15) is 13.2 Å². The highest BCUT2D eigenvalue weighted by Crippen LogP contribution is 2.34. The van der Waals surface area contributed by atoms with Gasteiger partial charge in [-0.1, -0.05) is 17.3 Å². The molecule has 1 aliphatic heterocycles. The quantitative estimate of drug-likeness (QED) is 0.852. The minimum Gasteiger partial charge on any atom is -0.360 e. The molecule has 0 spiro atoms. The summed E-state index contributed by atoms with van der Waals surface area (Å²) in [5.74, 6) is 0.0426. The summed E-state index contributed by atoms with van der Waals surface area (Å²) < 4.78 is 43.5. The van der Waals surface area contributed by atoms with Crippen molar-refractivity contribution in [3.05, 3.63) is 41.2 Å². The van der Waals surface area contributed by atoms with Crippen molar-refractivity contribution in [2.45, 2.75) is 57.4 Å². The lowest BCUT2D eigenvalue weighted by Crippen LogP contribution is -2.38. The molecular formula is C20H22F3N3O2. The smallest absolute Gasteiger partial charge is 0.360 e. The highest BCUT2D eigenvalue weighted by molar-refractivity contribution is 6.01. The molecule has 5 nitrogen and oxygen atoms in total. The van der Waals surface area contributed by atoms with Crippen LogP contribution in [0.15, 0.2) is 28.8 Å². The Labute approximate surface area is 160 Å². The molecule has 1 amide bonds. The topological polar surface area (TPSA) is 58.4 Å². The normalized spacial score (nSPS) is 23.2. The Hall–Kier alpha value is -2.35. The molecule has 2 fully saturated rings. The zero-order valence-corrected chi connectivity index (χ0v) is 15.7. The van der Waals surface area contributed by atoms with Gasteiger partial charge in [-0.05, 0) is 45.2 Å². The summed E-state index contributed by atoms with van der Waals surface area (Å²) in [6, 6.07) is 5.68. The average molecular weight is 393 g/mol. The Kier molecular flexibility index (Phi) is 4.69. The van der Waals surface area contributed by atoms with Gasteiger partial charge in [0.05, 0.1) is 5.56 Å². The van der Waals surface area contributed by atoms with E-state index >= 15 is 0 Å². The molecule has 4 rings (SSSR count). The minimum absolute atomic E-state index is 0.0397. The molecule has 1 aliphatic carbocycles. The highest BCUT2D eigenvalue weighted by Gasteiger charge is 2.39. The van der Waals surface area contributed by atoms with E-state index in [1.807, 2.05) is 0 Å². The van der Waals surface area contributed by atoms with Gasteiger partial charge in [-0.15, -0.1) is 0 Å². The summed E-state index contributed by atoms with van der Waals surface area (Å²) in [4.78, 5) is 15.3. The van der Waals surface area contributed by atoms with E-state index in [2.05, 4.69) is 22.3 Å². The van der Waals surface area contributed by atoms with Crippen LogP contribution in [-0.2, 0) is 6.18 Å². The van der Waals surface area contributed by atoms with Gasteiger partial charge in [0.1, 0.15) is 17.0 Å². The lowest BCUT2D eigenvalue weighted by Gasteiger charge is -2.19. The number of nitrogens with one attached hydrogen (secondary N) is 1. The second-order valence-electron chi connectivity index (χ2n) is 7.72. The van der Waals surface area contributed by atoms with Gasteiger partial charge in [0.15, 0.2) is 0 Å². The Morgan fingerprint density at radius 3 is 2.54 bits per heavy atom. The summed E-state index contributed by atoms with van der Waals surface area (Å²) in [5, 5.41) is 6.96. The minimum atomic E-state index is -4.41. The largest absolute Gasteiger partial charge is 0.416 e. The average Bonchev–Trinajstić information content (AvgIpc) is 3.30. The van der Waals surface area contributed by atoms with Crippen LogP contribution >= 0.6 is 0 Å². The maximum absolute atomic E-state index is 12.9. The van der Waals surface area contributed by atoms with Crippen LogP contribution in [0.5, 0.6) is 0 Å². The standard InChI is InChI=1S/C20H22F3N3O2/c1-11-9-15(10-26(11)16-7-8-16)24-19(27)17-12(2)28-25-18(17)13-3-5-14(6-4-13)20(21,22)23/h3-6,11,15-16H,7-10H2,1-2H3,(H,24,27). The summed E-state index contributed by atoms with van der Waals surface area (Å²) >= 11 is 0. The second-order valence-corrected chi connectivity index (χ2v) is 7.72. The summed E-state index contributed by atoms with van der Waals surface area (Å²) in [7, 11) is 0. The van der Waals surface area contributed by atoms with Gasteiger partial charge in [0.2, 0.25) is 0 Å². The second kappa shape index (κ2) is 6.92. The first-order valence-corrected chi connectivity index (χ1v) is 9.44. The van der Waals surface area contributed by atoms with Crippen molar-refractivity contribution in [2.75, 3.05) is 6.54 Å². The number of benzene rings is 1. The molecule has 2 unspecified atom stereocenters. The van der Waals surface area contributed by atoms with Crippen LogP contribution in [0, 0.1) is 6.92 Å². The number of alkyl halides is 3. The fourth-order valence-electron chi connectivity index (χ4n) is 3.99. The van der Waals surface area contributed by atoms with E-state index in [4.69, 9.17) is 4.52 Å². The van der Waals surface area contributed by atoms with Gasteiger partial charge >= 0.3 is 6.18 Å². The SMILES string of the molecule is Cc1onc(-c2ccc(C(F)(F)F)cc2)c1C(=O)NC1CC(C)N(C2CC2)C1. The van der Waals surface area contributed by atoms with Crippen molar-refractivity contribution in [1.29, 1.82) is 0 Å². The van der Waals surface area contributed by atoms with E-state index in [0.29, 0.717) is 23.4 Å². The Morgan fingerprint density at radius 2 is 1.93 bits per heavy atom. The van der Waals surface area contributed by atoms with Crippen LogP contribution < -0.4 is 5.32 Å². The number of hydrogen-bond donors (Lipinski definition) is 1. The number of hydrogen-bond acceptors (Lipinski definition) is 4. The molecule has 2 aliphatic rings. The van der Waals surface area contributed by atoms with Gasteiger partial charge in [0.25, 0.3) is 5.91 Å². The molecule has 28 heavy (non-hydrogen) atoms. The van der Waals surface area contributed by atoms with E-state index in [1.54, 1.807) is 6.92 Å². The molecule has 0 radical (unpaired) electrons. The van der Waals surface area contributed by atoms with Crippen molar-refractivity contribution in [2.24, 2.45) is 0 Å². The maximum atomic E-state index is 12.9. The zero-order chi connectivity index (χ0) is 20.1. The first kappa shape index (κ1) is 19.0. The van der Waals surface area contributed by atoms with Gasteiger partial charge in [-0.25, -0.2) is 0 Å². The van der Waals surface area contributed by atoms with Gasteiger partial charge in [-0.3, -0.25) is 9.69 Å². The first-order chi connectivity index (χ1) is 13.2. The van der Waals surface area contributed by atoms with Crippen LogP contribution in [0.3, 0.4) is 0 Å². The van der Waals surface area contributed by atoms with E-state index in [-0.39, 0.29) is 23.2 Å². The number of rotatable bonds is 4. The van der Waals surface area contributed by atoms with Crippen LogP contribution in [0.1, 0.15) is 47.9 Å². The van der Waals surface area contributed by atoms with Gasteiger partial charge < -0.3 is 9.84 Å². The molecule has 1 saturated carbocycles. The van der Waals surface area contributed by atoms with Crippen molar-refractivity contribution in [3.8, 4) is 11.3 Å². The van der Waals surface area contributed by atoms with Crippen LogP contribution in [-0.4, -0.2) is 40.6 Å². The third-order valence-electron chi connectivity index (χ3n) is 5.55. The van der Waals surface area contributed by atoms with E-state index < -0.39 is 11.7 Å². The number of likely N-dealkylation sites (tertiary alicyclic amines) is 1. The molecule has 2 aromatic rings. The molecule has 2 heterocycles. The number of aromatic nitrogens is 1. The third kappa shape index (κ3) is 3.65. The van der Waals surface area contributed by atoms with Crippen molar-refractivity contribution in [3.63, 3.8) is 0 Å². The number of amides is 1. The number of nitrogens with zero attached hydrogens (tertiary/aromatic N) is 2. The zero-order valence-electron chi connectivity index (χ0n) is 15.7. The molecule has 1 aromatic heterocycles. The lowest BCUT2D eigenvalue weighted by molar-refractivity contribution is -0.137. The van der Waals surface area contributed by atoms with Crippen molar-refractivity contribution >= 4 is 5.91 Å². The fourth-order valence-corrected chi connectivity index (χ4v) is 3.99. The van der Waals surface area contributed by atoms with Crippen molar-refractivity contribution in [1.82, 2.24) is 15.4 Å². The predicted molar refractivity (Wildman–Crippen MR) is 96.7 cm³/mol. The number of aryl methyl sites for hydroxylation is 1. The first-order valence-electron chi connectivity index (χ1n) is 9.44. The maximum Gasteiger partial charge on any atom is 0.416 e. The van der Waals surface area contributed by atoms with Crippen LogP contribution in [0.25, 0.3) is 11.3 Å². The molecule has 150 valence electrons. The number of carbonyl (C=O) groups excluding carboxylic acids is 1. The highest BCUT2D eigenvalue weighted by atomic mass is 19.4. The van der Waals surface area contributed by atoms with Crippen molar-refractivity contribution < 1.29 is 22.5 Å². The van der Waals surface area contributed by atoms with Crippen LogP contribution in [0.4, 0.5) is 13.2 Å². The third-order valence-corrected chi connectivity index (χ3v) is 5.55. The molecule has 1 aromatic carbocycles. The Bertz CT molecular complexity index is 872. The Balaban J connectivity index is 1.52. The molecular weight excluding hydrogens is 371 g/mol. The lowest BCUT2D eigenvalue weighted by atomic mass is 10.0. The number of halogens is 3. The molecule has 8 heteroatoms. The molecule has 1 saturated heterocycles. The Morgan fingerprint density at radius 1 is 1.25 bits per heavy atom. The summed E-state index contributed by atoms with van der Waals surface area (Å²) in [5.41, 5.74) is 0.197. The summed E-state index contributed by atoms with van der Waals surface area (Å²) in [6.07, 6.45) is -1.10. The predicted octanol–water partition coefficient (Wildman–Crippen LogP) is 4.02. The van der Waals surface area contributed by atoms with E-state index in [0.717, 1.165) is 25.1 Å². The molecule has 1 N–H and O–H groups in total.